The Morgan fingerprint density at radius 1 is 1.10 bits per heavy atom. The quantitative estimate of drug-likeness (QED) is 0.795. The van der Waals surface area contributed by atoms with Crippen molar-refractivity contribution in [3.63, 3.8) is 0 Å². The highest BCUT2D eigenvalue weighted by Gasteiger charge is 2.09. The number of fused-ring (bicyclic) bond motifs is 1. The van der Waals surface area contributed by atoms with Gasteiger partial charge in [-0.1, -0.05) is 18.2 Å². The molecule has 0 radical (unpaired) electrons. The van der Waals surface area contributed by atoms with Gasteiger partial charge in [0.05, 0.1) is 35.8 Å². The van der Waals surface area contributed by atoms with Gasteiger partial charge in [0, 0.05) is 17.6 Å². The first-order chi connectivity index (χ1) is 10.3. The van der Waals surface area contributed by atoms with Gasteiger partial charge in [0.2, 0.25) is 5.88 Å². The number of rotatable bonds is 3. The fourth-order valence-corrected chi connectivity index (χ4v) is 2.08. The molecule has 0 bridgehead atoms. The molecule has 0 aliphatic heterocycles. The normalized spacial score (nSPS) is 10.1. The molecule has 21 heavy (non-hydrogen) atoms. The van der Waals surface area contributed by atoms with E-state index in [-0.39, 0.29) is 0 Å². The highest BCUT2D eigenvalue weighted by molar-refractivity contribution is 5.95. The minimum Gasteiger partial charge on any atom is -0.481 e. The van der Waals surface area contributed by atoms with E-state index in [0.717, 1.165) is 22.3 Å². The fraction of sp³-hybridized carbons (Fsp3) is 0.0625. The van der Waals surface area contributed by atoms with Gasteiger partial charge in [0.15, 0.2) is 0 Å². The summed E-state index contributed by atoms with van der Waals surface area (Å²) in [6.07, 6.45) is 3.23. The van der Waals surface area contributed by atoms with E-state index in [9.17, 15) is 5.26 Å². The molecule has 1 N–H and O–H groups in total. The van der Waals surface area contributed by atoms with Crippen LogP contribution in [0.5, 0.6) is 5.88 Å². The molecule has 2 heterocycles. The summed E-state index contributed by atoms with van der Waals surface area (Å²) in [4.78, 5) is 8.43. The summed E-state index contributed by atoms with van der Waals surface area (Å²) in [7, 11) is 1.57. The topological polar surface area (TPSA) is 70.8 Å². The first-order valence-electron chi connectivity index (χ1n) is 6.36. The van der Waals surface area contributed by atoms with Gasteiger partial charge in [-0.15, -0.1) is 0 Å². The minimum absolute atomic E-state index is 0.490. The van der Waals surface area contributed by atoms with E-state index in [1.807, 2.05) is 30.3 Å². The Labute approximate surface area is 121 Å². The van der Waals surface area contributed by atoms with Crippen LogP contribution in [0, 0.1) is 11.3 Å². The number of nitrogens with zero attached hydrogens (tertiary/aromatic N) is 3. The molecule has 3 rings (SSSR count). The molecule has 0 saturated heterocycles. The number of benzene rings is 1. The van der Waals surface area contributed by atoms with Crippen molar-refractivity contribution in [3.8, 4) is 11.9 Å². The summed E-state index contributed by atoms with van der Waals surface area (Å²) in [5.74, 6) is 0.542. The lowest BCUT2D eigenvalue weighted by atomic mass is 10.1. The number of aromatic nitrogens is 2. The average molecular weight is 276 g/mol. The van der Waals surface area contributed by atoms with Gasteiger partial charge in [-0.25, -0.2) is 4.98 Å². The third-order valence-corrected chi connectivity index (χ3v) is 3.11. The van der Waals surface area contributed by atoms with Crippen LogP contribution >= 0.6 is 0 Å². The van der Waals surface area contributed by atoms with Crippen LogP contribution in [0.15, 0.2) is 48.8 Å². The van der Waals surface area contributed by atoms with Gasteiger partial charge >= 0.3 is 0 Å². The Morgan fingerprint density at radius 2 is 1.95 bits per heavy atom. The number of nitriles is 1. The molecule has 3 aromatic rings. The van der Waals surface area contributed by atoms with Gasteiger partial charge in [-0.3, -0.25) is 4.98 Å². The van der Waals surface area contributed by atoms with Gasteiger partial charge in [-0.05, 0) is 12.1 Å². The SMILES string of the molecule is COc1ccc(Nc2c(C#N)cnc3ccccc23)cn1. The third-order valence-electron chi connectivity index (χ3n) is 3.11. The number of para-hydroxylation sites is 1. The maximum atomic E-state index is 9.27. The molecular formula is C16H12N4O. The largest absolute Gasteiger partial charge is 0.481 e. The number of pyridine rings is 2. The highest BCUT2D eigenvalue weighted by Crippen LogP contribution is 2.28. The zero-order valence-corrected chi connectivity index (χ0v) is 11.4. The molecule has 0 saturated carbocycles. The monoisotopic (exact) mass is 276 g/mol. The zero-order chi connectivity index (χ0) is 14.7. The van der Waals surface area contributed by atoms with Crippen LogP contribution in [-0.2, 0) is 0 Å². The first kappa shape index (κ1) is 12.9. The Bertz CT molecular complexity index is 822. The van der Waals surface area contributed by atoms with Crippen molar-refractivity contribution in [2.45, 2.75) is 0 Å². The average Bonchev–Trinajstić information content (AvgIpc) is 2.56. The number of ether oxygens (including phenoxy) is 1. The molecule has 0 fully saturated rings. The molecular weight excluding hydrogens is 264 g/mol. The summed E-state index contributed by atoms with van der Waals surface area (Å²) in [5, 5.41) is 13.4. The van der Waals surface area contributed by atoms with Gasteiger partial charge in [-0.2, -0.15) is 5.26 Å². The number of methoxy groups -OCH3 is 1. The van der Waals surface area contributed by atoms with Crippen molar-refractivity contribution in [3.05, 3.63) is 54.4 Å². The van der Waals surface area contributed by atoms with E-state index >= 15 is 0 Å². The summed E-state index contributed by atoms with van der Waals surface area (Å²) in [5.41, 5.74) is 2.84. The van der Waals surface area contributed by atoms with Crippen molar-refractivity contribution in [1.29, 1.82) is 5.26 Å². The Hall–Kier alpha value is -3.13. The Kier molecular flexibility index (Phi) is 3.36. The maximum Gasteiger partial charge on any atom is 0.213 e. The van der Waals surface area contributed by atoms with Crippen LogP contribution in [0.4, 0.5) is 11.4 Å². The van der Waals surface area contributed by atoms with Crippen LogP contribution in [0.2, 0.25) is 0 Å². The minimum atomic E-state index is 0.490. The maximum absolute atomic E-state index is 9.27. The van der Waals surface area contributed by atoms with Crippen molar-refractivity contribution in [2.75, 3.05) is 12.4 Å². The second kappa shape index (κ2) is 5.47. The number of nitrogens with one attached hydrogen (secondary N) is 1. The lowest BCUT2D eigenvalue weighted by Crippen LogP contribution is -1.97. The Morgan fingerprint density at radius 3 is 2.67 bits per heavy atom. The van der Waals surface area contributed by atoms with Crippen molar-refractivity contribution in [2.24, 2.45) is 0 Å². The van der Waals surface area contributed by atoms with E-state index in [2.05, 4.69) is 21.4 Å². The van der Waals surface area contributed by atoms with Gasteiger partial charge in [0.1, 0.15) is 6.07 Å². The molecule has 0 unspecified atom stereocenters. The van der Waals surface area contributed by atoms with Crippen LogP contribution in [0.25, 0.3) is 10.9 Å². The molecule has 102 valence electrons. The second-order valence-electron chi connectivity index (χ2n) is 4.39. The molecule has 1 aromatic carbocycles. The Balaban J connectivity index is 2.08. The predicted molar refractivity (Wildman–Crippen MR) is 80.5 cm³/mol. The molecule has 2 aromatic heterocycles. The molecule has 0 atom stereocenters. The summed E-state index contributed by atoms with van der Waals surface area (Å²) >= 11 is 0. The lowest BCUT2D eigenvalue weighted by molar-refractivity contribution is 0.398. The van der Waals surface area contributed by atoms with E-state index in [1.165, 1.54) is 0 Å². The predicted octanol–water partition coefficient (Wildman–Crippen LogP) is 3.25. The number of hydrogen-bond acceptors (Lipinski definition) is 5. The van der Waals surface area contributed by atoms with E-state index < -0.39 is 0 Å². The molecule has 0 spiro atoms. The summed E-state index contributed by atoms with van der Waals surface area (Å²) in [6.45, 7) is 0. The number of anilines is 2. The van der Waals surface area contributed by atoms with E-state index in [1.54, 1.807) is 25.6 Å². The smallest absolute Gasteiger partial charge is 0.213 e. The summed E-state index contributed by atoms with van der Waals surface area (Å²) < 4.78 is 5.03. The number of hydrogen-bond donors (Lipinski definition) is 1. The van der Waals surface area contributed by atoms with Crippen LogP contribution < -0.4 is 10.1 Å². The molecule has 0 aliphatic carbocycles. The highest BCUT2D eigenvalue weighted by atomic mass is 16.5. The molecule has 5 nitrogen and oxygen atoms in total. The lowest BCUT2D eigenvalue weighted by Gasteiger charge is -2.11. The zero-order valence-electron chi connectivity index (χ0n) is 11.4. The second-order valence-corrected chi connectivity index (χ2v) is 4.39. The first-order valence-corrected chi connectivity index (χ1v) is 6.36. The van der Waals surface area contributed by atoms with Crippen LogP contribution in [0.1, 0.15) is 5.56 Å². The van der Waals surface area contributed by atoms with Crippen molar-refractivity contribution >= 4 is 22.3 Å². The molecule has 5 heteroatoms. The van der Waals surface area contributed by atoms with Gasteiger partial charge < -0.3 is 10.1 Å². The molecule has 0 aliphatic rings. The molecule has 0 amide bonds. The fourth-order valence-electron chi connectivity index (χ4n) is 2.08. The summed E-state index contributed by atoms with van der Waals surface area (Å²) in [6, 6.07) is 13.5. The van der Waals surface area contributed by atoms with Crippen molar-refractivity contribution in [1.82, 2.24) is 9.97 Å². The van der Waals surface area contributed by atoms with E-state index in [0.29, 0.717) is 11.4 Å². The van der Waals surface area contributed by atoms with Crippen molar-refractivity contribution < 1.29 is 4.74 Å². The standard InChI is InChI=1S/C16H12N4O/c1-21-15-7-6-12(10-19-15)20-16-11(8-17)9-18-14-5-3-2-4-13(14)16/h2-7,9-10H,1H3,(H,18,20). The van der Waals surface area contributed by atoms with Crippen LogP contribution in [-0.4, -0.2) is 17.1 Å². The third kappa shape index (κ3) is 2.47. The van der Waals surface area contributed by atoms with Crippen LogP contribution in [0.3, 0.4) is 0 Å². The van der Waals surface area contributed by atoms with Gasteiger partial charge in [0.25, 0.3) is 0 Å². The van der Waals surface area contributed by atoms with E-state index in [4.69, 9.17) is 4.74 Å².